The third-order valence-electron chi connectivity index (χ3n) is 3.05. The zero-order chi connectivity index (χ0) is 11.8. The predicted molar refractivity (Wildman–Crippen MR) is 61.4 cm³/mol. The monoisotopic (exact) mass is 228 g/mol. The second-order valence-corrected chi connectivity index (χ2v) is 4.14. The highest BCUT2D eigenvalue weighted by Crippen LogP contribution is 2.20. The standard InChI is InChI=1S/C11H12N6/c12-6-8-7-14-17(11(8)13)10-5-9-3-1-2-4-16(9)15-10/h5,7H,1-4,13H2. The quantitative estimate of drug-likeness (QED) is 0.784. The van der Waals surface area contributed by atoms with Crippen molar-refractivity contribution in [1.29, 1.82) is 5.26 Å². The Balaban J connectivity index is 2.06. The van der Waals surface area contributed by atoms with Gasteiger partial charge in [0.25, 0.3) is 0 Å². The highest BCUT2D eigenvalue weighted by molar-refractivity contribution is 5.51. The van der Waals surface area contributed by atoms with Gasteiger partial charge in [-0.25, -0.2) is 0 Å². The topological polar surface area (TPSA) is 85.5 Å². The third-order valence-corrected chi connectivity index (χ3v) is 3.05. The Bertz CT molecular complexity index is 576. The first-order chi connectivity index (χ1) is 8.29. The lowest BCUT2D eigenvalue weighted by Crippen LogP contribution is -2.11. The van der Waals surface area contributed by atoms with E-state index in [1.54, 1.807) is 0 Å². The predicted octanol–water partition coefficient (Wildman–Crippen LogP) is 0.859. The number of aromatic nitrogens is 4. The van der Waals surface area contributed by atoms with Gasteiger partial charge in [-0.3, -0.25) is 4.68 Å². The number of anilines is 1. The maximum atomic E-state index is 8.83. The van der Waals surface area contributed by atoms with Crippen molar-refractivity contribution in [3.8, 4) is 11.9 Å². The van der Waals surface area contributed by atoms with Crippen LogP contribution in [-0.4, -0.2) is 19.6 Å². The number of fused-ring (bicyclic) bond motifs is 1. The van der Waals surface area contributed by atoms with Crippen LogP contribution in [0.4, 0.5) is 5.82 Å². The molecule has 3 heterocycles. The lowest BCUT2D eigenvalue weighted by Gasteiger charge is -2.11. The van der Waals surface area contributed by atoms with E-state index < -0.39 is 0 Å². The maximum absolute atomic E-state index is 8.83. The van der Waals surface area contributed by atoms with E-state index in [0.29, 0.717) is 17.2 Å². The second kappa shape index (κ2) is 3.63. The molecule has 3 rings (SSSR count). The van der Waals surface area contributed by atoms with E-state index in [0.717, 1.165) is 19.4 Å². The van der Waals surface area contributed by atoms with Gasteiger partial charge in [0.2, 0.25) is 0 Å². The Kier molecular flexibility index (Phi) is 2.11. The second-order valence-electron chi connectivity index (χ2n) is 4.14. The number of nitriles is 1. The average Bonchev–Trinajstić information content (AvgIpc) is 2.91. The molecule has 0 aromatic carbocycles. The molecule has 0 saturated carbocycles. The zero-order valence-corrected chi connectivity index (χ0v) is 9.30. The first-order valence-corrected chi connectivity index (χ1v) is 5.60. The van der Waals surface area contributed by atoms with Crippen LogP contribution in [0.5, 0.6) is 0 Å². The number of rotatable bonds is 1. The fraction of sp³-hybridized carbons (Fsp3) is 0.364. The molecule has 2 aromatic rings. The smallest absolute Gasteiger partial charge is 0.177 e. The van der Waals surface area contributed by atoms with E-state index in [1.807, 2.05) is 16.8 Å². The minimum Gasteiger partial charge on any atom is -0.382 e. The van der Waals surface area contributed by atoms with Crippen molar-refractivity contribution in [2.45, 2.75) is 25.8 Å². The Morgan fingerprint density at radius 3 is 3.00 bits per heavy atom. The van der Waals surface area contributed by atoms with E-state index in [2.05, 4.69) is 10.2 Å². The summed E-state index contributed by atoms with van der Waals surface area (Å²) in [5.41, 5.74) is 7.43. The summed E-state index contributed by atoms with van der Waals surface area (Å²) in [6.07, 6.45) is 4.86. The summed E-state index contributed by atoms with van der Waals surface area (Å²) in [6, 6.07) is 3.99. The molecule has 0 saturated heterocycles. The fourth-order valence-corrected chi connectivity index (χ4v) is 2.13. The largest absolute Gasteiger partial charge is 0.382 e. The van der Waals surface area contributed by atoms with Crippen LogP contribution in [-0.2, 0) is 13.0 Å². The van der Waals surface area contributed by atoms with Gasteiger partial charge >= 0.3 is 0 Å². The first-order valence-electron chi connectivity index (χ1n) is 5.60. The van der Waals surface area contributed by atoms with Gasteiger partial charge in [-0.2, -0.15) is 20.1 Å². The van der Waals surface area contributed by atoms with E-state index >= 15 is 0 Å². The molecule has 0 atom stereocenters. The van der Waals surface area contributed by atoms with Crippen molar-refractivity contribution >= 4 is 5.82 Å². The van der Waals surface area contributed by atoms with Crippen LogP contribution in [0.1, 0.15) is 24.1 Å². The van der Waals surface area contributed by atoms with E-state index in [4.69, 9.17) is 11.0 Å². The highest BCUT2D eigenvalue weighted by atomic mass is 15.4. The molecule has 0 bridgehead atoms. The molecule has 0 amide bonds. The van der Waals surface area contributed by atoms with E-state index in [-0.39, 0.29) is 0 Å². The molecule has 6 nitrogen and oxygen atoms in total. The van der Waals surface area contributed by atoms with Crippen molar-refractivity contribution in [1.82, 2.24) is 19.6 Å². The summed E-state index contributed by atoms with van der Waals surface area (Å²) < 4.78 is 3.51. The Labute approximate surface area is 98.3 Å². The van der Waals surface area contributed by atoms with Crippen LogP contribution in [0.15, 0.2) is 12.3 Å². The van der Waals surface area contributed by atoms with Gasteiger partial charge in [0.1, 0.15) is 17.5 Å². The summed E-state index contributed by atoms with van der Waals surface area (Å²) in [7, 11) is 0. The van der Waals surface area contributed by atoms with Gasteiger partial charge in [0, 0.05) is 18.3 Å². The van der Waals surface area contributed by atoms with Gasteiger partial charge in [0.15, 0.2) is 5.82 Å². The molecule has 17 heavy (non-hydrogen) atoms. The SMILES string of the molecule is N#Cc1cnn(-c2cc3n(n2)CCCC3)c1N. The van der Waals surface area contributed by atoms with Gasteiger partial charge in [-0.1, -0.05) is 0 Å². The molecule has 0 aliphatic carbocycles. The Morgan fingerprint density at radius 1 is 1.41 bits per heavy atom. The van der Waals surface area contributed by atoms with Crippen LogP contribution in [0, 0.1) is 11.3 Å². The number of hydrogen-bond acceptors (Lipinski definition) is 4. The van der Waals surface area contributed by atoms with E-state index in [1.165, 1.54) is 23.0 Å². The van der Waals surface area contributed by atoms with Crippen LogP contribution in [0.2, 0.25) is 0 Å². The van der Waals surface area contributed by atoms with Crippen molar-refractivity contribution in [3.63, 3.8) is 0 Å². The average molecular weight is 228 g/mol. The van der Waals surface area contributed by atoms with Crippen molar-refractivity contribution < 1.29 is 0 Å². The Hall–Kier alpha value is -2.29. The number of nitrogens with two attached hydrogens (primary N) is 1. The number of hydrogen-bond donors (Lipinski definition) is 1. The minimum atomic E-state index is 0.350. The lowest BCUT2D eigenvalue weighted by molar-refractivity contribution is 0.484. The molecule has 0 unspecified atom stereocenters. The summed E-state index contributed by atoms with van der Waals surface area (Å²) in [4.78, 5) is 0. The molecule has 2 aromatic heterocycles. The number of nitrogens with zero attached hydrogens (tertiary/aromatic N) is 5. The molecule has 0 spiro atoms. The molecule has 1 aliphatic heterocycles. The van der Waals surface area contributed by atoms with Gasteiger partial charge in [-0.15, -0.1) is 0 Å². The highest BCUT2D eigenvalue weighted by Gasteiger charge is 2.16. The lowest BCUT2D eigenvalue weighted by atomic mass is 10.1. The molecule has 1 aliphatic rings. The molecule has 0 fully saturated rings. The first kappa shape index (κ1) is 9.90. The molecular formula is C11H12N6. The van der Waals surface area contributed by atoms with Crippen LogP contribution < -0.4 is 5.73 Å². The fourth-order valence-electron chi connectivity index (χ4n) is 2.13. The van der Waals surface area contributed by atoms with Crippen molar-refractivity contribution in [2.24, 2.45) is 0 Å². The molecule has 0 radical (unpaired) electrons. The molecular weight excluding hydrogens is 216 g/mol. The summed E-state index contributed by atoms with van der Waals surface area (Å²) in [5, 5.41) is 17.4. The Morgan fingerprint density at radius 2 is 2.29 bits per heavy atom. The number of nitrogen functional groups attached to an aromatic ring is 1. The zero-order valence-electron chi connectivity index (χ0n) is 9.30. The van der Waals surface area contributed by atoms with Crippen LogP contribution in [0.3, 0.4) is 0 Å². The van der Waals surface area contributed by atoms with Crippen molar-refractivity contribution in [2.75, 3.05) is 5.73 Å². The normalized spacial score (nSPS) is 14.3. The van der Waals surface area contributed by atoms with Crippen molar-refractivity contribution in [3.05, 3.63) is 23.5 Å². The summed E-state index contributed by atoms with van der Waals surface area (Å²) in [6.45, 7) is 0.946. The molecule has 2 N–H and O–H groups in total. The third kappa shape index (κ3) is 1.47. The van der Waals surface area contributed by atoms with Crippen LogP contribution in [0.25, 0.3) is 5.82 Å². The van der Waals surface area contributed by atoms with Crippen LogP contribution >= 0.6 is 0 Å². The van der Waals surface area contributed by atoms with E-state index in [9.17, 15) is 0 Å². The summed E-state index contributed by atoms with van der Waals surface area (Å²) >= 11 is 0. The number of aryl methyl sites for hydroxylation is 2. The molecule has 86 valence electrons. The van der Waals surface area contributed by atoms with Gasteiger partial charge in [-0.05, 0) is 19.3 Å². The molecule has 6 heteroatoms. The van der Waals surface area contributed by atoms with Gasteiger partial charge < -0.3 is 5.73 Å². The summed E-state index contributed by atoms with van der Waals surface area (Å²) in [5.74, 6) is 1.05. The maximum Gasteiger partial charge on any atom is 0.177 e. The minimum absolute atomic E-state index is 0.350. The van der Waals surface area contributed by atoms with Gasteiger partial charge in [0.05, 0.1) is 6.20 Å².